The second kappa shape index (κ2) is 7.27. The van der Waals surface area contributed by atoms with Crippen molar-refractivity contribution in [3.05, 3.63) is 0 Å². The number of aliphatic carboxylic acids is 1. The first-order valence-corrected chi connectivity index (χ1v) is 6.33. The molecule has 1 rings (SSSR count). The summed E-state index contributed by atoms with van der Waals surface area (Å²) in [6.45, 7) is 4.17. The lowest BCUT2D eigenvalue weighted by atomic mass is 9.93. The topological polar surface area (TPSA) is 69.6 Å². The van der Waals surface area contributed by atoms with E-state index in [4.69, 9.17) is 5.11 Å². The van der Waals surface area contributed by atoms with Crippen molar-refractivity contribution < 1.29 is 14.7 Å². The fourth-order valence-corrected chi connectivity index (χ4v) is 2.20. The van der Waals surface area contributed by atoms with Crippen LogP contribution in [0, 0.1) is 5.92 Å². The number of carboxylic acid groups (broad SMARTS) is 1. The van der Waals surface area contributed by atoms with E-state index in [9.17, 15) is 9.59 Å². The van der Waals surface area contributed by atoms with Crippen molar-refractivity contribution in [2.75, 3.05) is 26.2 Å². The quantitative estimate of drug-likeness (QED) is 0.719. The number of likely N-dealkylation sites (N-methyl/N-ethyl adjacent to an activating group) is 1. The molecule has 1 fully saturated rings. The van der Waals surface area contributed by atoms with E-state index in [1.807, 2.05) is 6.92 Å². The summed E-state index contributed by atoms with van der Waals surface area (Å²) in [5.41, 5.74) is 0. The van der Waals surface area contributed by atoms with E-state index >= 15 is 0 Å². The van der Waals surface area contributed by atoms with Gasteiger partial charge in [0.2, 0.25) is 5.91 Å². The van der Waals surface area contributed by atoms with Crippen LogP contribution in [0.25, 0.3) is 0 Å². The second-order valence-electron chi connectivity index (χ2n) is 4.53. The summed E-state index contributed by atoms with van der Waals surface area (Å²) in [5, 5.41) is 12.0. The highest BCUT2D eigenvalue weighted by Crippen LogP contribution is 2.18. The summed E-state index contributed by atoms with van der Waals surface area (Å²) in [5.74, 6) is -0.362. The summed E-state index contributed by atoms with van der Waals surface area (Å²) in [6, 6.07) is 0. The first-order chi connectivity index (χ1) is 8.13. The molecule has 1 saturated heterocycles. The number of piperidine rings is 1. The van der Waals surface area contributed by atoms with Gasteiger partial charge in [0.1, 0.15) is 6.54 Å². The highest BCUT2D eigenvalue weighted by atomic mass is 16.4. The second-order valence-corrected chi connectivity index (χ2v) is 4.53. The fraction of sp³-hybridized carbons (Fsp3) is 0.833. The van der Waals surface area contributed by atoms with Crippen LogP contribution in [0.5, 0.6) is 0 Å². The third kappa shape index (κ3) is 5.17. The lowest BCUT2D eigenvalue weighted by Gasteiger charge is -2.24. The summed E-state index contributed by atoms with van der Waals surface area (Å²) in [4.78, 5) is 23.8. The zero-order chi connectivity index (χ0) is 12.7. The van der Waals surface area contributed by atoms with Gasteiger partial charge < -0.3 is 15.3 Å². The molecule has 0 aromatic heterocycles. The molecule has 0 saturated carbocycles. The fourth-order valence-electron chi connectivity index (χ4n) is 2.20. The van der Waals surface area contributed by atoms with Gasteiger partial charge in [-0.3, -0.25) is 9.59 Å². The molecule has 17 heavy (non-hydrogen) atoms. The van der Waals surface area contributed by atoms with Crippen molar-refractivity contribution in [3.63, 3.8) is 0 Å². The van der Waals surface area contributed by atoms with Gasteiger partial charge >= 0.3 is 5.97 Å². The van der Waals surface area contributed by atoms with Crippen LogP contribution in [0.3, 0.4) is 0 Å². The number of hydrogen-bond donors (Lipinski definition) is 2. The van der Waals surface area contributed by atoms with E-state index in [2.05, 4.69) is 5.32 Å². The number of hydrogen-bond acceptors (Lipinski definition) is 3. The van der Waals surface area contributed by atoms with E-state index in [0.29, 0.717) is 18.9 Å². The maximum absolute atomic E-state index is 11.8. The molecule has 0 bridgehead atoms. The molecule has 0 radical (unpaired) electrons. The molecule has 1 aliphatic rings. The predicted molar refractivity (Wildman–Crippen MR) is 64.7 cm³/mol. The average Bonchev–Trinajstić information content (AvgIpc) is 2.34. The molecular formula is C12H22N2O3. The molecule has 2 N–H and O–H groups in total. The molecule has 0 spiro atoms. The number of carbonyl (C=O) groups is 2. The molecular weight excluding hydrogens is 220 g/mol. The monoisotopic (exact) mass is 242 g/mol. The maximum Gasteiger partial charge on any atom is 0.323 e. The van der Waals surface area contributed by atoms with Gasteiger partial charge in [0.15, 0.2) is 0 Å². The standard InChI is InChI=1S/C12H22N2O3/c1-2-14(9-12(16)17)11(15)4-3-10-5-7-13-8-6-10/h10,13H,2-9H2,1H3,(H,16,17). The van der Waals surface area contributed by atoms with Crippen molar-refractivity contribution in [2.45, 2.75) is 32.6 Å². The summed E-state index contributed by atoms with van der Waals surface area (Å²) >= 11 is 0. The highest BCUT2D eigenvalue weighted by Gasteiger charge is 2.18. The molecule has 1 amide bonds. The van der Waals surface area contributed by atoms with Crippen LogP contribution in [0.4, 0.5) is 0 Å². The molecule has 0 aromatic rings. The average molecular weight is 242 g/mol. The maximum atomic E-state index is 11.8. The number of nitrogens with one attached hydrogen (secondary N) is 1. The van der Waals surface area contributed by atoms with Crippen molar-refractivity contribution in [1.29, 1.82) is 0 Å². The van der Waals surface area contributed by atoms with Crippen molar-refractivity contribution in [3.8, 4) is 0 Å². The van der Waals surface area contributed by atoms with Gasteiger partial charge in [0.05, 0.1) is 0 Å². The molecule has 5 heteroatoms. The third-order valence-electron chi connectivity index (χ3n) is 3.29. The molecule has 1 heterocycles. The third-order valence-corrected chi connectivity index (χ3v) is 3.29. The van der Waals surface area contributed by atoms with Gasteiger partial charge in [-0.2, -0.15) is 0 Å². The van der Waals surface area contributed by atoms with Crippen LogP contribution < -0.4 is 5.32 Å². The Labute approximate surface area is 102 Å². The first-order valence-electron chi connectivity index (χ1n) is 6.33. The Morgan fingerprint density at radius 3 is 2.53 bits per heavy atom. The van der Waals surface area contributed by atoms with E-state index in [-0.39, 0.29) is 12.5 Å². The van der Waals surface area contributed by atoms with Gasteiger partial charge in [0, 0.05) is 13.0 Å². The Morgan fingerprint density at radius 2 is 2.00 bits per heavy atom. The smallest absolute Gasteiger partial charge is 0.323 e. The Hall–Kier alpha value is -1.10. The molecule has 1 aliphatic heterocycles. The van der Waals surface area contributed by atoms with Crippen LogP contribution in [0.1, 0.15) is 32.6 Å². The highest BCUT2D eigenvalue weighted by molar-refractivity contribution is 5.81. The summed E-state index contributed by atoms with van der Waals surface area (Å²) in [6.07, 6.45) is 3.61. The minimum Gasteiger partial charge on any atom is -0.480 e. The van der Waals surface area contributed by atoms with Gasteiger partial charge in [-0.15, -0.1) is 0 Å². The molecule has 98 valence electrons. The minimum atomic E-state index is -0.943. The van der Waals surface area contributed by atoms with Crippen molar-refractivity contribution in [2.24, 2.45) is 5.92 Å². The van der Waals surface area contributed by atoms with E-state index in [1.165, 1.54) is 4.90 Å². The van der Waals surface area contributed by atoms with E-state index < -0.39 is 5.97 Å². The lowest BCUT2D eigenvalue weighted by molar-refractivity contribution is -0.144. The largest absolute Gasteiger partial charge is 0.480 e. The Bertz CT molecular complexity index is 262. The number of carbonyl (C=O) groups excluding carboxylic acids is 1. The molecule has 0 aliphatic carbocycles. The predicted octanol–water partition coefficient (Wildman–Crippen LogP) is 0.699. The Kier molecular flexibility index (Phi) is 5.97. The van der Waals surface area contributed by atoms with Crippen molar-refractivity contribution >= 4 is 11.9 Å². The number of nitrogens with zero attached hydrogens (tertiary/aromatic N) is 1. The summed E-state index contributed by atoms with van der Waals surface area (Å²) in [7, 11) is 0. The van der Waals surface area contributed by atoms with Crippen LogP contribution >= 0.6 is 0 Å². The Balaban J connectivity index is 2.28. The summed E-state index contributed by atoms with van der Waals surface area (Å²) < 4.78 is 0. The van der Waals surface area contributed by atoms with Gasteiger partial charge in [-0.25, -0.2) is 0 Å². The van der Waals surface area contributed by atoms with Crippen LogP contribution in [-0.2, 0) is 9.59 Å². The number of rotatable bonds is 6. The number of amides is 1. The lowest BCUT2D eigenvalue weighted by Crippen LogP contribution is -2.36. The van der Waals surface area contributed by atoms with Crippen LogP contribution in [0.2, 0.25) is 0 Å². The van der Waals surface area contributed by atoms with E-state index in [0.717, 1.165) is 32.4 Å². The van der Waals surface area contributed by atoms with Crippen LogP contribution in [-0.4, -0.2) is 48.1 Å². The SMILES string of the molecule is CCN(CC(=O)O)C(=O)CCC1CCNCC1. The molecule has 0 aromatic carbocycles. The van der Waals surface area contributed by atoms with Crippen molar-refractivity contribution in [1.82, 2.24) is 10.2 Å². The van der Waals surface area contributed by atoms with E-state index in [1.54, 1.807) is 0 Å². The molecule has 5 nitrogen and oxygen atoms in total. The Morgan fingerprint density at radius 1 is 1.35 bits per heavy atom. The first kappa shape index (κ1) is 14.0. The number of carboxylic acids is 1. The zero-order valence-electron chi connectivity index (χ0n) is 10.4. The normalized spacial score (nSPS) is 16.8. The zero-order valence-corrected chi connectivity index (χ0v) is 10.4. The van der Waals surface area contributed by atoms with Gasteiger partial charge in [0.25, 0.3) is 0 Å². The molecule has 0 unspecified atom stereocenters. The van der Waals surface area contributed by atoms with Crippen LogP contribution in [0.15, 0.2) is 0 Å². The van der Waals surface area contributed by atoms with Gasteiger partial charge in [-0.05, 0) is 45.2 Å². The molecule has 0 atom stereocenters. The minimum absolute atomic E-state index is 0.0339. The van der Waals surface area contributed by atoms with Gasteiger partial charge in [-0.1, -0.05) is 0 Å².